The van der Waals surface area contributed by atoms with Gasteiger partial charge in [-0.1, -0.05) is 55.3 Å². The third-order valence-corrected chi connectivity index (χ3v) is 4.61. The molecular formula is C20H19ClN6. The minimum Gasteiger partial charge on any atom is -0.324 e. The minimum absolute atomic E-state index is 0.369. The zero-order valence-corrected chi connectivity index (χ0v) is 15.7. The molecule has 136 valence electrons. The van der Waals surface area contributed by atoms with E-state index in [-0.39, 0.29) is 0 Å². The first-order valence-corrected chi connectivity index (χ1v) is 9.30. The second-order valence-electron chi connectivity index (χ2n) is 6.25. The van der Waals surface area contributed by atoms with E-state index in [1.807, 2.05) is 36.4 Å². The summed E-state index contributed by atoms with van der Waals surface area (Å²) >= 11 is 5.89. The van der Waals surface area contributed by atoms with Crippen LogP contribution in [0.15, 0.2) is 53.6 Å². The zero-order chi connectivity index (χ0) is 18.6. The fourth-order valence-corrected chi connectivity index (χ4v) is 3.13. The van der Waals surface area contributed by atoms with E-state index in [1.54, 1.807) is 6.21 Å². The fraction of sp³-hybridized carbons (Fsp3) is 0.200. The van der Waals surface area contributed by atoms with Crippen LogP contribution in [0.5, 0.6) is 0 Å². The highest BCUT2D eigenvalue weighted by atomic mass is 35.5. The number of hydrogen-bond donors (Lipinski definition) is 1. The molecule has 6 nitrogen and oxygen atoms in total. The van der Waals surface area contributed by atoms with E-state index in [1.165, 1.54) is 0 Å². The Morgan fingerprint density at radius 2 is 1.93 bits per heavy atom. The molecule has 0 aliphatic carbocycles. The molecule has 2 aromatic heterocycles. The molecule has 2 heterocycles. The van der Waals surface area contributed by atoms with Crippen molar-refractivity contribution in [3.05, 3.63) is 59.1 Å². The third-order valence-electron chi connectivity index (χ3n) is 4.36. The summed E-state index contributed by atoms with van der Waals surface area (Å²) < 4.78 is 2.21. The van der Waals surface area contributed by atoms with E-state index in [9.17, 15) is 0 Å². The van der Waals surface area contributed by atoms with Gasteiger partial charge in [0.15, 0.2) is 5.65 Å². The lowest BCUT2D eigenvalue weighted by Gasteiger charge is -2.05. The summed E-state index contributed by atoms with van der Waals surface area (Å²) in [4.78, 5) is 4.65. The number of rotatable bonds is 6. The van der Waals surface area contributed by atoms with E-state index in [0.29, 0.717) is 11.0 Å². The van der Waals surface area contributed by atoms with Gasteiger partial charge in [-0.15, -0.1) is 10.2 Å². The van der Waals surface area contributed by atoms with E-state index in [0.717, 1.165) is 47.0 Å². The fourth-order valence-electron chi connectivity index (χ4n) is 3.01. The molecule has 4 rings (SSSR count). The second kappa shape index (κ2) is 7.72. The molecule has 0 aliphatic heterocycles. The number of aryl methyl sites for hydroxylation is 1. The number of benzene rings is 2. The average Bonchev–Trinajstić information content (AvgIpc) is 3.01. The van der Waals surface area contributed by atoms with Crippen molar-refractivity contribution in [2.24, 2.45) is 5.10 Å². The Morgan fingerprint density at radius 3 is 2.74 bits per heavy atom. The maximum absolute atomic E-state index is 5.89. The molecule has 7 heteroatoms. The molecule has 27 heavy (non-hydrogen) atoms. The molecule has 0 fully saturated rings. The van der Waals surface area contributed by atoms with Crippen molar-refractivity contribution >= 4 is 45.8 Å². The van der Waals surface area contributed by atoms with Crippen molar-refractivity contribution < 1.29 is 0 Å². The van der Waals surface area contributed by atoms with Crippen LogP contribution >= 0.6 is 11.6 Å². The van der Waals surface area contributed by atoms with Crippen LogP contribution in [0.2, 0.25) is 5.02 Å². The molecule has 1 N–H and O–H groups in total. The van der Waals surface area contributed by atoms with Crippen LogP contribution in [0, 0.1) is 0 Å². The Balaban J connectivity index is 1.66. The smallest absolute Gasteiger partial charge is 0.265 e. The van der Waals surface area contributed by atoms with Gasteiger partial charge in [0.1, 0.15) is 5.52 Å². The lowest BCUT2D eigenvalue weighted by molar-refractivity contribution is 0.660. The van der Waals surface area contributed by atoms with Gasteiger partial charge in [0.2, 0.25) is 0 Å². The number of nitrogens with zero attached hydrogens (tertiary/aromatic N) is 5. The summed E-state index contributed by atoms with van der Waals surface area (Å²) in [5.74, 6) is 0.369. The van der Waals surface area contributed by atoms with Crippen LogP contribution in [0.25, 0.3) is 22.1 Å². The molecule has 0 radical (unpaired) electrons. The van der Waals surface area contributed by atoms with E-state index < -0.39 is 0 Å². The van der Waals surface area contributed by atoms with Crippen LogP contribution in [0.4, 0.5) is 5.95 Å². The number of para-hydroxylation sites is 1. The van der Waals surface area contributed by atoms with Crippen molar-refractivity contribution in [2.75, 3.05) is 5.43 Å². The van der Waals surface area contributed by atoms with Gasteiger partial charge in [-0.3, -0.25) is 0 Å². The van der Waals surface area contributed by atoms with E-state index in [2.05, 4.69) is 49.3 Å². The molecule has 0 saturated heterocycles. The van der Waals surface area contributed by atoms with Gasteiger partial charge in [0.05, 0.1) is 11.7 Å². The first-order chi connectivity index (χ1) is 13.3. The highest BCUT2D eigenvalue weighted by molar-refractivity contribution is 6.30. The number of halogens is 1. The number of unbranched alkanes of at least 4 members (excludes halogenated alkanes) is 1. The third kappa shape index (κ3) is 3.61. The molecule has 0 unspecified atom stereocenters. The molecule has 0 aliphatic rings. The Hall–Kier alpha value is -2.99. The van der Waals surface area contributed by atoms with Gasteiger partial charge < -0.3 is 4.57 Å². The summed E-state index contributed by atoms with van der Waals surface area (Å²) in [5, 5.41) is 14.5. The Morgan fingerprint density at radius 1 is 1.11 bits per heavy atom. The summed E-state index contributed by atoms with van der Waals surface area (Å²) in [6.45, 7) is 3.08. The number of hydrazone groups is 1. The molecule has 0 amide bonds. The van der Waals surface area contributed by atoms with Crippen LogP contribution in [0.1, 0.15) is 25.3 Å². The Kier molecular flexibility index (Phi) is 4.98. The first-order valence-electron chi connectivity index (χ1n) is 8.92. The normalized spacial score (nSPS) is 11.6. The minimum atomic E-state index is 0.369. The van der Waals surface area contributed by atoms with Crippen molar-refractivity contribution in [1.82, 2.24) is 19.7 Å². The zero-order valence-electron chi connectivity index (χ0n) is 14.9. The molecule has 0 atom stereocenters. The van der Waals surface area contributed by atoms with Crippen molar-refractivity contribution in [1.29, 1.82) is 0 Å². The van der Waals surface area contributed by atoms with Gasteiger partial charge in [-0.25, -0.2) is 5.43 Å². The average molecular weight is 379 g/mol. The summed E-state index contributed by atoms with van der Waals surface area (Å²) in [6, 6.07) is 15.6. The lowest BCUT2D eigenvalue weighted by Crippen LogP contribution is -2.03. The van der Waals surface area contributed by atoms with E-state index >= 15 is 0 Å². The standard InChI is InChI=1S/C20H19ClN6/c1-2-3-12-27-17-7-5-4-6-16(17)18-19(27)23-20(26-24-18)25-22-13-14-8-10-15(21)11-9-14/h4-11,13H,2-3,12H2,1H3,(H,23,25,26)/b22-13+. The number of hydrogen-bond acceptors (Lipinski definition) is 5. The van der Waals surface area contributed by atoms with Crippen molar-refractivity contribution in [3.63, 3.8) is 0 Å². The van der Waals surface area contributed by atoms with Gasteiger partial charge in [-0.2, -0.15) is 10.1 Å². The predicted octanol–water partition coefficient (Wildman–Crippen LogP) is 4.88. The Bertz CT molecular complexity index is 1100. The quantitative estimate of drug-likeness (QED) is 0.383. The lowest BCUT2D eigenvalue weighted by atomic mass is 10.2. The number of anilines is 1. The van der Waals surface area contributed by atoms with E-state index in [4.69, 9.17) is 11.6 Å². The van der Waals surface area contributed by atoms with Gasteiger partial charge in [0.25, 0.3) is 5.95 Å². The van der Waals surface area contributed by atoms with Crippen LogP contribution < -0.4 is 5.43 Å². The van der Waals surface area contributed by atoms with Gasteiger partial charge in [0, 0.05) is 17.0 Å². The van der Waals surface area contributed by atoms with Gasteiger partial charge >= 0.3 is 0 Å². The summed E-state index contributed by atoms with van der Waals surface area (Å²) in [7, 11) is 0. The van der Waals surface area contributed by atoms with Crippen LogP contribution in [-0.4, -0.2) is 26.0 Å². The van der Waals surface area contributed by atoms with Crippen molar-refractivity contribution in [3.8, 4) is 0 Å². The van der Waals surface area contributed by atoms with Crippen molar-refractivity contribution in [2.45, 2.75) is 26.3 Å². The van der Waals surface area contributed by atoms with Crippen LogP contribution in [0.3, 0.4) is 0 Å². The molecule has 0 saturated carbocycles. The summed E-state index contributed by atoms with van der Waals surface area (Å²) in [6.07, 6.45) is 3.88. The predicted molar refractivity (Wildman–Crippen MR) is 110 cm³/mol. The number of nitrogens with one attached hydrogen (secondary N) is 1. The monoisotopic (exact) mass is 378 g/mol. The molecule has 0 spiro atoms. The maximum atomic E-state index is 5.89. The van der Waals surface area contributed by atoms with Crippen LogP contribution in [-0.2, 0) is 6.54 Å². The summed E-state index contributed by atoms with van der Waals surface area (Å²) in [5.41, 5.74) is 6.56. The first kappa shape index (κ1) is 17.4. The molecule has 2 aromatic carbocycles. The Labute approximate surface area is 161 Å². The topological polar surface area (TPSA) is 68.0 Å². The molecule has 0 bridgehead atoms. The second-order valence-corrected chi connectivity index (χ2v) is 6.69. The highest BCUT2D eigenvalue weighted by Crippen LogP contribution is 2.26. The molecule has 4 aromatic rings. The number of aromatic nitrogens is 4. The van der Waals surface area contributed by atoms with Gasteiger partial charge in [-0.05, 0) is 30.2 Å². The maximum Gasteiger partial charge on any atom is 0.265 e. The SMILES string of the molecule is CCCCn1c2ccccc2c2nnc(N/N=C/c3ccc(Cl)cc3)nc21. The number of fused-ring (bicyclic) bond motifs is 3. The largest absolute Gasteiger partial charge is 0.324 e. The highest BCUT2D eigenvalue weighted by Gasteiger charge is 2.13. The molecular weight excluding hydrogens is 360 g/mol.